The maximum atomic E-state index is 12.9. The summed E-state index contributed by atoms with van der Waals surface area (Å²) in [6, 6.07) is 10.7. The second-order valence-corrected chi connectivity index (χ2v) is 6.17. The normalized spacial score (nSPS) is 19.1. The van der Waals surface area contributed by atoms with Crippen molar-refractivity contribution < 1.29 is 19.1 Å². The van der Waals surface area contributed by atoms with Crippen molar-refractivity contribution in [2.45, 2.75) is 38.3 Å². The number of aryl methyl sites for hydroxylation is 1. The van der Waals surface area contributed by atoms with Crippen LogP contribution in [0.1, 0.15) is 48.5 Å². The Bertz CT molecular complexity index is 709. The number of carbonyl (C=O) groups is 1. The van der Waals surface area contributed by atoms with E-state index in [1.54, 1.807) is 36.3 Å². The molecule has 128 valence electrons. The summed E-state index contributed by atoms with van der Waals surface area (Å²) in [5, 5.41) is 10.6. The molecule has 24 heavy (non-hydrogen) atoms. The number of aliphatic hydroxyl groups is 1. The van der Waals surface area contributed by atoms with E-state index in [-0.39, 0.29) is 11.9 Å². The number of benzene rings is 1. The highest BCUT2D eigenvalue weighted by atomic mass is 16.5. The average molecular weight is 329 g/mol. The first kappa shape index (κ1) is 16.6. The minimum atomic E-state index is -1.20. The number of carbonyl (C=O) groups excluding carboxylic acids is 1. The van der Waals surface area contributed by atoms with Crippen molar-refractivity contribution in [1.29, 1.82) is 0 Å². The lowest BCUT2D eigenvalue weighted by Gasteiger charge is -2.35. The van der Waals surface area contributed by atoms with E-state index in [1.165, 1.54) is 0 Å². The lowest BCUT2D eigenvalue weighted by Crippen LogP contribution is -2.41. The molecule has 3 rings (SSSR count). The summed E-state index contributed by atoms with van der Waals surface area (Å²) in [7, 11) is 1.56. The molecule has 5 nitrogen and oxygen atoms in total. The number of furan rings is 1. The van der Waals surface area contributed by atoms with Crippen molar-refractivity contribution in [3.63, 3.8) is 0 Å². The Morgan fingerprint density at radius 3 is 2.88 bits per heavy atom. The van der Waals surface area contributed by atoms with Gasteiger partial charge >= 0.3 is 0 Å². The predicted molar refractivity (Wildman–Crippen MR) is 89.7 cm³/mol. The Hall–Kier alpha value is -2.27. The Balaban J connectivity index is 1.83. The standard InChI is InChI=1S/C19H23NO4/c1-13-9-10-17(24-13)16-8-3-4-11-20(16)19(22)18(21)14-6-5-7-15(12-14)23-2/h5-7,9-10,12,16,18,21H,3-4,8,11H2,1-2H3. The summed E-state index contributed by atoms with van der Waals surface area (Å²) in [5.41, 5.74) is 0.541. The summed E-state index contributed by atoms with van der Waals surface area (Å²) in [5.74, 6) is 1.95. The Kier molecular flexibility index (Phi) is 4.90. The van der Waals surface area contributed by atoms with Gasteiger partial charge in [0.1, 0.15) is 17.3 Å². The highest BCUT2D eigenvalue weighted by Crippen LogP contribution is 2.34. The zero-order valence-corrected chi connectivity index (χ0v) is 14.1. The molecule has 2 unspecified atom stereocenters. The average Bonchev–Trinajstić information content (AvgIpc) is 3.06. The van der Waals surface area contributed by atoms with Crippen LogP contribution in [0.4, 0.5) is 0 Å². The molecule has 0 spiro atoms. The van der Waals surface area contributed by atoms with Gasteiger partial charge in [-0.1, -0.05) is 12.1 Å². The van der Waals surface area contributed by atoms with Crippen LogP contribution in [-0.4, -0.2) is 29.6 Å². The van der Waals surface area contributed by atoms with E-state index in [0.717, 1.165) is 30.8 Å². The molecule has 2 heterocycles. The van der Waals surface area contributed by atoms with E-state index in [4.69, 9.17) is 9.15 Å². The lowest BCUT2D eigenvalue weighted by molar-refractivity contribution is -0.145. The van der Waals surface area contributed by atoms with Gasteiger partial charge in [-0.3, -0.25) is 4.79 Å². The molecule has 1 saturated heterocycles. The molecule has 1 amide bonds. The molecular formula is C19H23NO4. The van der Waals surface area contributed by atoms with Gasteiger partial charge in [-0.2, -0.15) is 0 Å². The van der Waals surface area contributed by atoms with Crippen molar-refractivity contribution in [3.8, 4) is 5.75 Å². The number of hydrogen-bond donors (Lipinski definition) is 1. The number of likely N-dealkylation sites (tertiary alicyclic amines) is 1. The largest absolute Gasteiger partial charge is 0.497 e. The van der Waals surface area contributed by atoms with Gasteiger partial charge in [-0.15, -0.1) is 0 Å². The molecule has 1 aromatic carbocycles. The Labute approximate surface area is 141 Å². The molecule has 1 aromatic heterocycles. The first-order valence-corrected chi connectivity index (χ1v) is 8.29. The molecule has 5 heteroatoms. The van der Waals surface area contributed by atoms with Crippen molar-refractivity contribution in [1.82, 2.24) is 4.90 Å². The van der Waals surface area contributed by atoms with Crippen LogP contribution in [0.25, 0.3) is 0 Å². The molecule has 1 N–H and O–H groups in total. The number of nitrogens with zero attached hydrogens (tertiary/aromatic N) is 1. The molecule has 1 aliphatic heterocycles. The number of hydrogen-bond acceptors (Lipinski definition) is 4. The molecule has 0 saturated carbocycles. The van der Waals surface area contributed by atoms with E-state index in [1.807, 2.05) is 19.1 Å². The zero-order chi connectivity index (χ0) is 17.1. The number of methoxy groups -OCH3 is 1. The molecule has 0 radical (unpaired) electrons. The van der Waals surface area contributed by atoms with Crippen molar-refractivity contribution in [2.24, 2.45) is 0 Å². The monoisotopic (exact) mass is 329 g/mol. The molecule has 2 aromatic rings. The molecule has 1 aliphatic rings. The second kappa shape index (κ2) is 7.09. The summed E-state index contributed by atoms with van der Waals surface area (Å²) < 4.78 is 10.9. The van der Waals surface area contributed by atoms with Crippen LogP contribution in [0.3, 0.4) is 0 Å². The van der Waals surface area contributed by atoms with Crippen molar-refractivity contribution >= 4 is 5.91 Å². The van der Waals surface area contributed by atoms with E-state index in [9.17, 15) is 9.90 Å². The summed E-state index contributed by atoms with van der Waals surface area (Å²) in [6.07, 6.45) is 1.64. The van der Waals surface area contributed by atoms with Crippen LogP contribution in [0, 0.1) is 6.92 Å². The van der Waals surface area contributed by atoms with Gasteiger partial charge < -0.3 is 19.2 Å². The van der Waals surface area contributed by atoms with Crippen molar-refractivity contribution in [3.05, 3.63) is 53.5 Å². The van der Waals surface area contributed by atoms with Gasteiger partial charge in [0.05, 0.1) is 13.2 Å². The minimum absolute atomic E-state index is 0.111. The summed E-state index contributed by atoms with van der Waals surface area (Å²) >= 11 is 0. The van der Waals surface area contributed by atoms with Gasteiger partial charge in [0.15, 0.2) is 6.10 Å². The van der Waals surface area contributed by atoms with Crippen LogP contribution in [0.5, 0.6) is 5.75 Å². The molecule has 1 fully saturated rings. The predicted octanol–water partition coefficient (Wildman–Crippen LogP) is 3.38. The molecular weight excluding hydrogens is 306 g/mol. The number of amides is 1. The minimum Gasteiger partial charge on any atom is -0.497 e. The summed E-state index contributed by atoms with van der Waals surface area (Å²) in [4.78, 5) is 14.6. The Morgan fingerprint density at radius 2 is 2.17 bits per heavy atom. The molecule has 2 atom stereocenters. The van der Waals surface area contributed by atoms with Crippen LogP contribution in [-0.2, 0) is 4.79 Å². The fraction of sp³-hybridized carbons (Fsp3) is 0.421. The van der Waals surface area contributed by atoms with E-state index in [0.29, 0.717) is 17.9 Å². The Morgan fingerprint density at radius 1 is 1.33 bits per heavy atom. The van der Waals surface area contributed by atoms with Gasteiger partial charge in [0, 0.05) is 6.54 Å². The molecule has 0 bridgehead atoms. The maximum Gasteiger partial charge on any atom is 0.256 e. The van der Waals surface area contributed by atoms with Gasteiger partial charge in [0.2, 0.25) is 0 Å². The molecule has 0 aliphatic carbocycles. The number of piperidine rings is 1. The third kappa shape index (κ3) is 3.31. The van der Waals surface area contributed by atoms with Crippen molar-refractivity contribution in [2.75, 3.05) is 13.7 Å². The van der Waals surface area contributed by atoms with Gasteiger partial charge in [-0.25, -0.2) is 0 Å². The third-order valence-electron chi connectivity index (χ3n) is 4.52. The quantitative estimate of drug-likeness (QED) is 0.934. The first-order valence-electron chi connectivity index (χ1n) is 8.29. The number of ether oxygens (including phenoxy) is 1. The van der Waals surface area contributed by atoms with Gasteiger partial charge in [0.25, 0.3) is 5.91 Å². The van der Waals surface area contributed by atoms with Crippen LogP contribution in [0.15, 0.2) is 40.8 Å². The number of aliphatic hydroxyl groups excluding tert-OH is 1. The topological polar surface area (TPSA) is 62.9 Å². The fourth-order valence-corrected chi connectivity index (χ4v) is 3.23. The van der Waals surface area contributed by atoms with Gasteiger partial charge in [-0.05, 0) is 56.0 Å². The first-order chi connectivity index (χ1) is 11.6. The third-order valence-corrected chi connectivity index (χ3v) is 4.52. The maximum absolute atomic E-state index is 12.9. The fourth-order valence-electron chi connectivity index (χ4n) is 3.23. The SMILES string of the molecule is COc1cccc(C(O)C(=O)N2CCCCC2c2ccc(C)o2)c1. The van der Waals surface area contributed by atoms with Crippen LogP contribution >= 0.6 is 0 Å². The zero-order valence-electron chi connectivity index (χ0n) is 14.1. The van der Waals surface area contributed by atoms with Crippen LogP contribution < -0.4 is 4.74 Å². The smallest absolute Gasteiger partial charge is 0.256 e. The number of rotatable bonds is 4. The highest BCUT2D eigenvalue weighted by molar-refractivity contribution is 5.82. The second-order valence-electron chi connectivity index (χ2n) is 6.17. The van der Waals surface area contributed by atoms with Crippen LogP contribution in [0.2, 0.25) is 0 Å². The summed E-state index contributed by atoms with van der Waals surface area (Å²) in [6.45, 7) is 2.52. The lowest BCUT2D eigenvalue weighted by atomic mass is 9.98. The van der Waals surface area contributed by atoms with E-state index < -0.39 is 6.10 Å². The highest BCUT2D eigenvalue weighted by Gasteiger charge is 2.33. The van der Waals surface area contributed by atoms with E-state index >= 15 is 0 Å². The van der Waals surface area contributed by atoms with E-state index in [2.05, 4.69) is 0 Å².